The quantitative estimate of drug-likeness (QED) is 0.233. The molecular weight excluding hydrogens is 308 g/mol. The first-order valence-electron chi connectivity index (χ1n) is 11.2. The van der Waals surface area contributed by atoms with Gasteiger partial charge in [0.05, 0.1) is 6.61 Å². The largest absolute Gasteiger partial charge is 0.353 e. The van der Waals surface area contributed by atoms with E-state index in [0.717, 1.165) is 37.9 Å². The second-order valence-corrected chi connectivity index (χ2v) is 8.21. The average Bonchev–Trinajstić information content (AvgIpc) is 3.25. The summed E-state index contributed by atoms with van der Waals surface area (Å²) in [5, 5.41) is 0. The van der Waals surface area contributed by atoms with Crippen molar-refractivity contribution in [3.8, 4) is 0 Å². The zero-order valence-electron chi connectivity index (χ0n) is 16.8. The Morgan fingerprint density at radius 2 is 1.52 bits per heavy atom. The lowest BCUT2D eigenvalue weighted by Gasteiger charge is -2.22. The molecule has 0 aromatic rings. The second-order valence-electron chi connectivity index (χ2n) is 8.21. The van der Waals surface area contributed by atoms with E-state index in [0.29, 0.717) is 0 Å². The van der Waals surface area contributed by atoms with Crippen LogP contribution in [0.4, 0.5) is 0 Å². The molecule has 0 bridgehead atoms. The maximum Gasteiger partial charge on any atom is 0.157 e. The lowest BCUT2D eigenvalue weighted by atomic mass is 10.0. The van der Waals surface area contributed by atoms with Gasteiger partial charge in [0, 0.05) is 6.61 Å². The van der Waals surface area contributed by atoms with E-state index in [1.54, 1.807) is 0 Å². The van der Waals surface area contributed by atoms with Gasteiger partial charge >= 0.3 is 0 Å². The van der Waals surface area contributed by atoms with Gasteiger partial charge in [-0.15, -0.1) is 0 Å². The minimum absolute atomic E-state index is 0.0705. The summed E-state index contributed by atoms with van der Waals surface area (Å²) in [6.07, 6.45) is 20.4. The molecule has 146 valence electrons. The lowest BCUT2D eigenvalue weighted by Crippen LogP contribution is -2.22. The first-order valence-corrected chi connectivity index (χ1v) is 11.2. The molecule has 2 aliphatic rings. The van der Waals surface area contributed by atoms with Crippen LogP contribution in [0.2, 0.25) is 0 Å². The molecule has 25 heavy (non-hydrogen) atoms. The fourth-order valence-corrected chi connectivity index (χ4v) is 4.24. The van der Waals surface area contributed by atoms with Gasteiger partial charge in [-0.25, -0.2) is 0 Å². The number of ether oxygens (including phenoxy) is 2. The third-order valence-corrected chi connectivity index (χ3v) is 6.07. The Hall–Kier alpha value is -0.340. The summed E-state index contributed by atoms with van der Waals surface area (Å²) in [6, 6.07) is 0. The third-order valence-electron chi connectivity index (χ3n) is 6.07. The first-order chi connectivity index (χ1) is 12.3. The Bertz CT molecular complexity index is 346. The number of hydrogen-bond acceptors (Lipinski definition) is 2. The number of allylic oxidation sites excluding steroid dienone is 1. The average molecular weight is 351 g/mol. The molecule has 0 aromatic carbocycles. The molecule has 2 heteroatoms. The van der Waals surface area contributed by atoms with Gasteiger partial charge in [0.25, 0.3) is 0 Å². The van der Waals surface area contributed by atoms with Crippen LogP contribution >= 0.6 is 0 Å². The zero-order chi connectivity index (χ0) is 17.7. The molecule has 1 saturated carbocycles. The van der Waals surface area contributed by atoms with Crippen LogP contribution < -0.4 is 0 Å². The van der Waals surface area contributed by atoms with Crippen molar-refractivity contribution < 1.29 is 9.47 Å². The molecule has 0 amide bonds. The summed E-state index contributed by atoms with van der Waals surface area (Å²) in [5.74, 6) is 1.53. The standard InChI is InChI=1S/C23H42O2/c1-3-4-5-6-7-8-9-10-11-12-15-21-20(2)22(21)17-19-25-23-16-13-14-18-24-23/h21-23H,2-19H2,1H3/t21-,22+,23?/m1/s1. The monoisotopic (exact) mass is 350 g/mol. The van der Waals surface area contributed by atoms with Crippen LogP contribution in [0.5, 0.6) is 0 Å². The van der Waals surface area contributed by atoms with Crippen molar-refractivity contribution in [1.82, 2.24) is 0 Å². The van der Waals surface area contributed by atoms with Crippen LogP contribution in [0.1, 0.15) is 103 Å². The zero-order valence-corrected chi connectivity index (χ0v) is 16.8. The van der Waals surface area contributed by atoms with Gasteiger partial charge in [-0.3, -0.25) is 0 Å². The molecule has 0 N–H and O–H groups in total. The highest BCUT2D eigenvalue weighted by molar-refractivity contribution is 5.25. The molecule has 1 aliphatic carbocycles. The van der Waals surface area contributed by atoms with Crippen molar-refractivity contribution in [3.05, 3.63) is 12.2 Å². The molecule has 0 radical (unpaired) electrons. The maximum atomic E-state index is 5.87. The van der Waals surface area contributed by atoms with Gasteiger partial charge < -0.3 is 9.47 Å². The molecule has 0 spiro atoms. The third kappa shape index (κ3) is 8.73. The van der Waals surface area contributed by atoms with Gasteiger partial charge in [-0.2, -0.15) is 0 Å². The van der Waals surface area contributed by atoms with E-state index in [9.17, 15) is 0 Å². The molecule has 1 unspecified atom stereocenters. The first kappa shape index (κ1) is 21.0. The number of rotatable bonds is 15. The van der Waals surface area contributed by atoms with Gasteiger partial charge in [-0.1, -0.05) is 83.3 Å². The van der Waals surface area contributed by atoms with E-state index < -0.39 is 0 Å². The highest BCUT2D eigenvalue weighted by Crippen LogP contribution is 2.49. The summed E-state index contributed by atoms with van der Waals surface area (Å²) in [7, 11) is 0. The Balaban J connectivity index is 1.36. The Morgan fingerprint density at radius 1 is 0.880 bits per heavy atom. The minimum atomic E-state index is 0.0705. The van der Waals surface area contributed by atoms with E-state index in [1.807, 2.05) is 0 Å². The fraction of sp³-hybridized carbons (Fsp3) is 0.913. The normalized spacial score (nSPS) is 26.1. The van der Waals surface area contributed by atoms with Crippen molar-refractivity contribution in [2.45, 2.75) is 110 Å². The van der Waals surface area contributed by atoms with E-state index in [4.69, 9.17) is 9.47 Å². The number of unbranched alkanes of at least 4 members (excludes halogenated alkanes) is 9. The van der Waals surface area contributed by atoms with Crippen LogP contribution in [0.25, 0.3) is 0 Å². The van der Waals surface area contributed by atoms with Gasteiger partial charge in [-0.05, 0) is 43.9 Å². The van der Waals surface area contributed by atoms with Crippen LogP contribution in [0, 0.1) is 11.8 Å². The van der Waals surface area contributed by atoms with E-state index in [-0.39, 0.29) is 6.29 Å². The topological polar surface area (TPSA) is 18.5 Å². The van der Waals surface area contributed by atoms with Gasteiger partial charge in [0.2, 0.25) is 0 Å². The van der Waals surface area contributed by atoms with Crippen molar-refractivity contribution in [3.63, 3.8) is 0 Å². The van der Waals surface area contributed by atoms with Gasteiger partial charge in [0.1, 0.15) is 0 Å². The van der Waals surface area contributed by atoms with E-state index in [2.05, 4.69) is 13.5 Å². The predicted octanol–water partition coefficient (Wildman–Crippen LogP) is 7.03. The van der Waals surface area contributed by atoms with Crippen molar-refractivity contribution >= 4 is 0 Å². The summed E-state index contributed by atoms with van der Waals surface area (Å²) >= 11 is 0. The van der Waals surface area contributed by atoms with Crippen LogP contribution in [-0.2, 0) is 9.47 Å². The molecule has 2 fully saturated rings. The highest BCUT2D eigenvalue weighted by atomic mass is 16.7. The van der Waals surface area contributed by atoms with Crippen LogP contribution in [0.15, 0.2) is 12.2 Å². The summed E-state index contributed by atoms with van der Waals surface area (Å²) in [5.41, 5.74) is 1.49. The second kappa shape index (κ2) is 12.9. The summed E-state index contributed by atoms with van der Waals surface area (Å²) in [4.78, 5) is 0. The van der Waals surface area contributed by atoms with Crippen LogP contribution in [0.3, 0.4) is 0 Å². The molecule has 1 aliphatic heterocycles. The van der Waals surface area contributed by atoms with Crippen molar-refractivity contribution in [2.24, 2.45) is 11.8 Å². The van der Waals surface area contributed by atoms with Crippen LogP contribution in [-0.4, -0.2) is 19.5 Å². The fourth-order valence-electron chi connectivity index (χ4n) is 4.24. The number of hydrogen-bond donors (Lipinski definition) is 0. The molecule has 3 atom stereocenters. The molecular formula is C23H42O2. The molecule has 1 saturated heterocycles. The van der Waals surface area contributed by atoms with E-state index >= 15 is 0 Å². The Morgan fingerprint density at radius 3 is 2.16 bits per heavy atom. The summed E-state index contributed by atoms with van der Waals surface area (Å²) < 4.78 is 11.5. The lowest BCUT2D eigenvalue weighted by molar-refractivity contribution is -0.163. The summed E-state index contributed by atoms with van der Waals surface area (Å²) in [6.45, 7) is 8.29. The molecule has 1 heterocycles. The van der Waals surface area contributed by atoms with E-state index in [1.165, 1.54) is 89.0 Å². The minimum Gasteiger partial charge on any atom is -0.353 e. The maximum absolute atomic E-state index is 5.87. The Kier molecular flexibility index (Phi) is 10.8. The predicted molar refractivity (Wildman–Crippen MR) is 107 cm³/mol. The van der Waals surface area contributed by atoms with Crippen molar-refractivity contribution in [2.75, 3.05) is 13.2 Å². The Labute approximate surface area is 156 Å². The SMILES string of the molecule is C=C1[C@@H](CCCCCCCCCCCC)[C@H]1CCOC1CCCCO1. The molecule has 2 nitrogen and oxygen atoms in total. The smallest absolute Gasteiger partial charge is 0.157 e. The van der Waals surface area contributed by atoms with Gasteiger partial charge in [0.15, 0.2) is 6.29 Å². The van der Waals surface area contributed by atoms with Crippen molar-refractivity contribution in [1.29, 1.82) is 0 Å². The molecule has 2 rings (SSSR count). The highest BCUT2D eigenvalue weighted by Gasteiger charge is 2.40. The molecule has 0 aromatic heterocycles.